The van der Waals surface area contributed by atoms with Gasteiger partial charge < -0.3 is 4.74 Å². The van der Waals surface area contributed by atoms with Crippen molar-refractivity contribution >= 4 is 21.4 Å². The smallest absolute Gasteiger partial charge is 0.146 e. The first kappa shape index (κ1) is 8.56. The first-order valence-corrected chi connectivity index (χ1v) is 4.69. The number of aromatic nitrogens is 2. The summed E-state index contributed by atoms with van der Waals surface area (Å²) in [7, 11) is 1.66. The Morgan fingerprint density at radius 1 is 1.54 bits per heavy atom. The molecule has 2 aromatic heterocycles. The van der Waals surface area contributed by atoms with E-state index in [0.29, 0.717) is 0 Å². The summed E-state index contributed by atoms with van der Waals surface area (Å²) >= 11 is 3.39. The van der Waals surface area contributed by atoms with Gasteiger partial charge in [-0.05, 0) is 34.5 Å². The molecule has 2 heterocycles. The number of fused-ring (bicyclic) bond motifs is 1. The van der Waals surface area contributed by atoms with Gasteiger partial charge in [0.15, 0.2) is 0 Å². The van der Waals surface area contributed by atoms with Crippen molar-refractivity contribution in [3.05, 3.63) is 28.5 Å². The van der Waals surface area contributed by atoms with Crippen molar-refractivity contribution < 1.29 is 4.74 Å². The molecule has 4 heteroatoms. The van der Waals surface area contributed by atoms with Crippen LogP contribution in [0.3, 0.4) is 0 Å². The Hall–Kier alpha value is -1.03. The summed E-state index contributed by atoms with van der Waals surface area (Å²) in [5.41, 5.74) is 2.13. The van der Waals surface area contributed by atoms with Crippen molar-refractivity contribution in [3.8, 4) is 5.75 Å². The van der Waals surface area contributed by atoms with Gasteiger partial charge in [0.25, 0.3) is 0 Å². The van der Waals surface area contributed by atoms with Crippen molar-refractivity contribution in [2.45, 2.75) is 6.92 Å². The number of nitrogens with zero attached hydrogens (tertiary/aromatic N) is 2. The molecule has 0 unspecified atom stereocenters. The van der Waals surface area contributed by atoms with Crippen molar-refractivity contribution in [1.29, 1.82) is 0 Å². The lowest BCUT2D eigenvalue weighted by molar-refractivity contribution is 0.417. The van der Waals surface area contributed by atoms with Crippen molar-refractivity contribution in [2.24, 2.45) is 0 Å². The van der Waals surface area contributed by atoms with E-state index in [1.54, 1.807) is 11.6 Å². The number of pyridine rings is 1. The monoisotopic (exact) mass is 240 g/mol. The minimum Gasteiger partial charge on any atom is -0.494 e. The lowest BCUT2D eigenvalue weighted by Gasteiger charge is -2.03. The van der Waals surface area contributed by atoms with Crippen LogP contribution in [-0.4, -0.2) is 16.7 Å². The van der Waals surface area contributed by atoms with Gasteiger partial charge in [0.1, 0.15) is 11.3 Å². The van der Waals surface area contributed by atoms with Gasteiger partial charge in [0.2, 0.25) is 0 Å². The highest BCUT2D eigenvalue weighted by atomic mass is 79.9. The van der Waals surface area contributed by atoms with Gasteiger partial charge in [-0.2, -0.15) is 5.10 Å². The molecule has 0 atom stereocenters. The van der Waals surface area contributed by atoms with E-state index in [2.05, 4.69) is 21.0 Å². The zero-order valence-corrected chi connectivity index (χ0v) is 9.00. The van der Waals surface area contributed by atoms with E-state index in [0.717, 1.165) is 21.3 Å². The molecule has 0 saturated heterocycles. The van der Waals surface area contributed by atoms with Crippen molar-refractivity contribution in [2.75, 3.05) is 7.11 Å². The van der Waals surface area contributed by atoms with Gasteiger partial charge in [-0.15, -0.1) is 0 Å². The zero-order valence-electron chi connectivity index (χ0n) is 7.41. The minimum atomic E-state index is 0.837. The maximum Gasteiger partial charge on any atom is 0.146 e. The van der Waals surface area contributed by atoms with Gasteiger partial charge in [-0.25, -0.2) is 4.52 Å². The molecule has 68 valence electrons. The second-order valence-electron chi connectivity index (χ2n) is 2.85. The standard InChI is InChI=1S/C9H9BrN2O/c1-6-4-11-12-5-7(10)3-8(13-2)9(6)12/h3-5H,1-2H3. The third kappa shape index (κ3) is 1.31. The first-order valence-electron chi connectivity index (χ1n) is 3.90. The summed E-state index contributed by atoms with van der Waals surface area (Å²) in [5, 5.41) is 4.19. The first-order chi connectivity index (χ1) is 6.22. The lowest BCUT2D eigenvalue weighted by atomic mass is 10.3. The van der Waals surface area contributed by atoms with E-state index in [1.807, 2.05) is 25.4 Å². The number of aryl methyl sites for hydroxylation is 1. The summed E-state index contributed by atoms with van der Waals surface area (Å²) in [6, 6.07) is 1.93. The van der Waals surface area contributed by atoms with Gasteiger partial charge in [-0.3, -0.25) is 0 Å². The van der Waals surface area contributed by atoms with Crippen molar-refractivity contribution in [1.82, 2.24) is 9.61 Å². The van der Waals surface area contributed by atoms with Crippen LogP contribution >= 0.6 is 15.9 Å². The summed E-state index contributed by atoms with van der Waals surface area (Å²) in [4.78, 5) is 0. The van der Waals surface area contributed by atoms with Gasteiger partial charge >= 0.3 is 0 Å². The number of hydrogen-bond donors (Lipinski definition) is 0. The number of hydrogen-bond acceptors (Lipinski definition) is 2. The van der Waals surface area contributed by atoms with E-state index >= 15 is 0 Å². The van der Waals surface area contributed by atoms with E-state index < -0.39 is 0 Å². The molecule has 0 saturated carbocycles. The molecule has 0 spiro atoms. The third-order valence-electron chi connectivity index (χ3n) is 1.95. The van der Waals surface area contributed by atoms with E-state index in [9.17, 15) is 0 Å². The Labute approximate surface area is 84.4 Å². The molecule has 0 amide bonds. The molecule has 0 aliphatic carbocycles. The predicted octanol–water partition coefficient (Wildman–Crippen LogP) is 2.41. The molecule has 2 rings (SSSR count). The van der Waals surface area contributed by atoms with Crippen LogP contribution in [0, 0.1) is 6.92 Å². The normalized spacial score (nSPS) is 10.7. The Balaban J connectivity index is 2.85. The van der Waals surface area contributed by atoms with Crippen LogP contribution in [0.1, 0.15) is 5.56 Å². The second kappa shape index (κ2) is 3.03. The maximum absolute atomic E-state index is 5.26. The summed E-state index contributed by atoms with van der Waals surface area (Å²) in [6.07, 6.45) is 3.73. The highest BCUT2D eigenvalue weighted by Gasteiger charge is 2.07. The van der Waals surface area contributed by atoms with Crippen LogP contribution in [0.5, 0.6) is 5.75 Å². The maximum atomic E-state index is 5.26. The average Bonchev–Trinajstić information content (AvgIpc) is 2.46. The van der Waals surface area contributed by atoms with E-state index in [1.165, 1.54) is 0 Å². The molecule has 2 aromatic rings. The predicted molar refractivity (Wildman–Crippen MR) is 54.2 cm³/mol. The van der Waals surface area contributed by atoms with Crippen molar-refractivity contribution in [3.63, 3.8) is 0 Å². The molecule has 0 fully saturated rings. The number of halogens is 1. The SMILES string of the molecule is COc1cc(Br)cn2ncc(C)c12. The zero-order chi connectivity index (χ0) is 9.42. The molecule has 0 bridgehead atoms. The van der Waals surface area contributed by atoms with E-state index in [-0.39, 0.29) is 0 Å². The topological polar surface area (TPSA) is 26.5 Å². The van der Waals surface area contributed by atoms with Crippen LogP contribution < -0.4 is 4.74 Å². The molecule has 0 aromatic carbocycles. The lowest BCUT2D eigenvalue weighted by Crippen LogP contribution is -1.91. The second-order valence-corrected chi connectivity index (χ2v) is 3.76. The quantitative estimate of drug-likeness (QED) is 0.766. The Morgan fingerprint density at radius 2 is 2.31 bits per heavy atom. The van der Waals surface area contributed by atoms with Crippen LogP contribution in [0.4, 0.5) is 0 Å². The number of ether oxygens (including phenoxy) is 1. The fraction of sp³-hybridized carbons (Fsp3) is 0.222. The Morgan fingerprint density at radius 3 is 3.00 bits per heavy atom. The minimum absolute atomic E-state index is 0.837. The summed E-state index contributed by atoms with van der Waals surface area (Å²) in [5.74, 6) is 0.837. The fourth-order valence-electron chi connectivity index (χ4n) is 1.36. The third-order valence-corrected chi connectivity index (χ3v) is 2.38. The Bertz CT molecular complexity index is 450. The van der Waals surface area contributed by atoms with Gasteiger partial charge in [-0.1, -0.05) is 0 Å². The van der Waals surface area contributed by atoms with Crippen LogP contribution in [0.2, 0.25) is 0 Å². The highest BCUT2D eigenvalue weighted by Crippen LogP contribution is 2.26. The molecule has 3 nitrogen and oxygen atoms in total. The molecule has 0 aliphatic rings. The Kier molecular flexibility index (Phi) is 2.00. The van der Waals surface area contributed by atoms with Gasteiger partial charge in [0.05, 0.1) is 13.3 Å². The molecule has 13 heavy (non-hydrogen) atoms. The molecular weight excluding hydrogens is 232 g/mol. The molecule has 0 N–H and O–H groups in total. The molecular formula is C9H9BrN2O. The number of rotatable bonds is 1. The van der Waals surface area contributed by atoms with Crippen LogP contribution in [0.15, 0.2) is 22.9 Å². The number of methoxy groups -OCH3 is 1. The summed E-state index contributed by atoms with van der Waals surface area (Å²) < 4.78 is 8.02. The van der Waals surface area contributed by atoms with E-state index in [4.69, 9.17) is 4.74 Å². The fourth-order valence-corrected chi connectivity index (χ4v) is 1.76. The average molecular weight is 241 g/mol. The largest absolute Gasteiger partial charge is 0.494 e. The highest BCUT2D eigenvalue weighted by molar-refractivity contribution is 9.10. The molecule has 0 radical (unpaired) electrons. The van der Waals surface area contributed by atoms with Crippen LogP contribution in [-0.2, 0) is 0 Å². The molecule has 0 aliphatic heterocycles. The van der Waals surface area contributed by atoms with Crippen LogP contribution in [0.25, 0.3) is 5.52 Å². The summed E-state index contributed by atoms with van der Waals surface area (Å²) in [6.45, 7) is 2.01. The van der Waals surface area contributed by atoms with Gasteiger partial charge in [0, 0.05) is 10.7 Å².